The Hall–Kier alpha value is -1.89. The highest BCUT2D eigenvalue weighted by atomic mass is 16.4. The molecule has 0 aromatic carbocycles. The quantitative estimate of drug-likeness (QED) is 0.744. The Morgan fingerprint density at radius 3 is 2.76 bits per heavy atom. The van der Waals surface area contributed by atoms with Crippen LogP contribution in [0.5, 0.6) is 0 Å². The molecule has 2 N–H and O–H groups in total. The summed E-state index contributed by atoms with van der Waals surface area (Å²) >= 11 is 0. The van der Waals surface area contributed by atoms with E-state index in [1.54, 1.807) is 15.8 Å². The number of carbonyl (C=O) groups excluding carboxylic acids is 1. The fourth-order valence-electron chi connectivity index (χ4n) is 3.38. The zero-order valence-electron chi connectivity index (χ0n) is 15.1. The molecule has 1 aromatic rings. The lowest BCUT2D eigenvalue weighted by molar-refractivity contribution is -0.167. The van der Waals surface area contributed by atoms with Gasteiger partial charge >= 0.3 is 5.97 Å². The summed E-state index contributed by atoms with van der Waals surface area (Å²) in [6, 6.07) is 1.84. The standard InChI is InChI=1S/C18H29N3O4/c1-14(2)6-8-18(17(24)25)13-20(12-7-15(18)22)16(23)5-3-10-21-11-4-9-19-21/h4,9,11,14-15,22H,3,5-8,10,12-13H2,1-2H3,(H,24,25)/t15-,18-/m1/s1. The van der Waals surface area contributed by atoms with Crippen LogP contribution in [0.2, 0.25) is 0 Å². The van der Waals surface area contributed by atoms with Crippen molar-refractivity contribution in [3.05, 3.63) is 18.5 Å². The number of carbonyl (C=O) groups is 2. The van der Waals surface area contributed by atoms with Gasteiger partial charge < -0.3 is 15.1 Å². The summed E-state index contributed by atoms with van der Waals surface area (Å²) in [6.07, 6.45) is 5.07. The Balaban J connectivity index is 1.96. The Bertz CT molecular complexity index is 573. The van der Waals surface area contributed by atoms with Gasteiger partial charge in [0.1, 0.15) is 5.41 Å². The fourth-order valence-corrected chi connectivity index (χ4v) is 3.38. The number of carboxylic acid groups (broad SMARTS) is 1. The van der Waals surface area contributed by atoms with Gasteiger partial charge in [0, 0.05) is 38.4 Å². The van der Waals surface area contributed by atoms with Crippen molar-refractivity contribution in [2.75, 3.05) is 13.1 Å². The van der Waals surface area contributed by atoms with Crippen molar-refractivity contribution >= 4 is 11.9 Å². The number of hydrogen-bond donors (Lipinski definition) is 2. The second kappa shape index (κ2) is 8.47. The maximum atomic E-state index is 12.5. The molecule has 0 radical (unpaired) electrons. The first-order chi connectivity index (χ1) is 11.8. The normalized spacial score (nSPS) is 23.8. The van der Waals surface area contributed by atoms with Crippen LogP contribution in [0, 0.1) is 11.3 Å². The molecule has 1 fully saturated rings. The maximum Gasteiger partial charge on any atom is 0.314 e. The number of likely N-dealkylation sites (tertiary alicyclic amines) is 1. The smallest absolute Gasteiger partial charge is 0.314 e. The van der Waals surface area contributed by atoms with Gasteiger partial charge in [0.2, 0.25) is 5.91 Å². The number of aliphatic hydroxyl groups excluding tert-OH is 1. The summed E-state index contributed by atoms with van der Waals surface area (Å²) in [5.41, 5.74) is -1.25. The lowest BCUT2D eigenvalue weighted by atomic mass is 9.72. The number of aliphatic carboxylic acids is 1. The van der Waals surface area contributed by atoms with E-state index in [2.05, 4.69) is 5.10 Å². The molecule has 1 saturated heterocycles. The molecule has 1 amide bonds. The summed E-state index contributed by atoms with van der Waals surface area (Å²) in [7, 11) is 0. The fraction of sp³-hybridized carbons (Fsp3) is 0.722. The third-order valence-electron chi connectivity index (χ3n) is 5.07. The van der Waals surface area contributed by atoms with E-state index in [0.29, 0.717) is 51.1 Å². The maximum absolute atomic E-state index is 12.5. The van der Waals surface area contributed by atoms with Gasteiger partial charge in [0.25, 0.3) is 0 Å². The number of aryl methyl sites for hydroxylation is 1. The van der Waals surface area contributed by atoms with Gasteiger partial charge in [-0.15, -0.1) is 0 Å². The summed E-state index contributed by atoms with van der Waals surface area (Å²) in [5.74, 6) is -0.701. The van der Waals surface area contributed by atoms with Crippen molar-refractivity contribution in [1.82, 2.24) is 14.7 Å². The molecule has 25 heavy (non-hydrogen) atoms. The number of amides is 1. The second-order valence-corrected chi connectivity index (χ2v) is 7.39. The van der Waals surface area contributed by atoms with Crippen LogP contribution in [0.25, 0.3) is 0 Å². The minimum absolute atomic E-state index is 0.0470. The number of aliphatic hydroxyl groups is 1. The number of aromatic nitrogens is 2. The van der Waals surface area contributed by atoms with E-state index in [-0.39, 0.29) is 12.5 Å². The van der Waals surface area contributed by atoms with Crippen LogP contribution < -0.4 is 0 Å². The van der Waals surface area contributed by atoms with Gasteiger partial charge in [0.05, 0.1) is 6.10 Å². The topological polar surface area (TPSA) is 95.7 Å². The Kier molecular flexibility index (Phi) is 6.58. The number of rotatable bonds is 8. The average molecular weight is 351 g/mol. The zero-order chi connectivity index (χ0) is 18.4. The summed E-state index contributed by atoms with van der Waals surface area (Å²) in [4.78, 5) is 26.0. The minimum Gasteiger partial charge on any atom is -0.481 e. The van der Waals surface area contributed by atoms with E-state index in [1.807, 2.05) is 26.1 Å². The van der Waals surface area contributed by atoms with E-state index in [4.69, 9.17) is 0 Å². The molecule has 1 aromatic heterocycles. The molecule has 0 unspecified atom stereocenters. The van der Waals surface area contributed by atoms with Crippen molar-refractivity contribution < 1.29 is 19.8 Å². The van der Waals surface area contributed by atoms with E-state index in [0.717, 1.165) is 0 Å². The van der Waals surface area contributed by atoms with Crippen molar-refractivity contribution in [3.63, 3.8) is 0 Å². The zero-order valence-corrected chi connectivity index (χ0v) is 15.1. The largest absolute Gasteiger partial charge is 0.481 e. The van der Waals surface area contributed by atoms with Crippen LogP contribution in [0.15, 0.2) is 18.5 Å². The van der Waals surface area contributed by atoms with E-state index >= 15 is 0 Å². The number of carboxylic acids is 1. The van der Waals surface area contributed by atoms with Crippen LogP contribution >= 0.6 is 0 Å². The minimum atomic E-state index is -1.25. The number of piperidine rings is 1. The van der Waals surface area contributed by atoms with Crippen molar-refractivity contribution in [3.8, 4) is 0 Å². The molecular weight excluding hydrogens is 322 g/mol. The molecule has 2 rings (SSSR count). The lowest BCUT2D eigenvalue weighted by Crippen LogP contribution is -2.57. The Morgan fingerprint density at radius 2 is 2.16 bits per heavy atom. The Morgan fingerprint density at radius 1 is 1.40 bits per heavy atom. The first-order valence-electron chi connectivity index (χ1n) is 9.02. The molecular formula is C18H29N3O4. The van der Waals surface area contributed by atoms with Gasteiger partial charge in [0.15, 0.2) is 0 Å². The van der Waals surface area contributed by atoms with Crippen molar-refractivity contribution in [1.29, 1.82) is 0 Å². The number of nitrogens with zero attached hydrogens (tertiary/aromatic N) is 3. The molecule has 0 saturated carbocycles. The first kappa shape index (κ1) is 19.4. The third-order valence-corrected chi connectivity index (χ3v) is 5.07. The molecule has 7 nitrogen and oxygen atoms in total. The molecule has 2 heterocycles. The predicted octanol–water partition coefficient (Wildman–Crippen LogP) is 1.76. The summed E-state index contributed by atoms with van der Waals surface area (Å²) in [5, 5.41) is 24.2. The molecule has 7 heteroatoms. The van der Waals surface area contributed by atoms with E-state index in [9.17, 15) is 19.8 Å². The van der Waals surface area contributed by atoms with Crippen LogP contribution in [-0.2, 0) is 16.1 Å². The van der Waals surface area contributed by atoms with Gasteiger partial charge in [-0.3, -0.25) is 14.3 Å². The average Bonchev–Trinajstić information content (AvgIpc) is 3.07. The molecule has 2 atom stereocenters. The molecule has 1 aliphatic rings. The number of hydrogen-bond acceptors (Lipinski definition) is 4. The van der Waals surface area contributed by atoms with Crippen LogP contribution in [-0.4, -0.2) is 56.0 Å². The highest BCUT2D eigenvalue weighted by Crippen LogP contribution is 2.37. The first-order valence-corrected chi connectivity index (χ1v) is 9.02. The molecule has 140 valence electrons. The highest BCUT2D eigenvalue weighted by molar-refractivity contribution is 5.80. The Labute approximate surface area is 148 Å². The summed E-state index contributed by atoms with van der Waals surface area (Å²) < 4.78 is 1.78. The molecule has 0 bridgehead atoms. The molecule has 1 aliphatic heterocycles. The van der Waals surface area contributed by atoms with Gasteiger partial charge in [-0.05, 0) is 37.7 Å². The predicted molar refractivity (Wildman–Crippen MR) is 92.8 cm³/mol. The van der Waals surface area contributed by atoms with Gasteiger partial charge in [-0.25, -0.2) is 0 Å². The third kappa shape index (κ3) is 4.81. The van der Waals surface area contributed by atoms with Crippen LogP contribution in [0.1, 0.15) is 46.0 Å². The molecule has 0 aliphatic carbocycles. The second-order valence-electron chi connectivity index (χ2n) is 7.39. The monoisotopic (exact) mass is 351 g/mol. The van der Waals surface area contributed by atoms with Gasteiger partial charge in [-0.2, -0.15) is 5.10 Å². The SMILES string of the molecule is CC(C)CC[C@@]1(C(=O)O)CN(C(=O)CCCn2cccn2)CC[C@H]1O. The lowest BCUT2D eigenvalue weighted by Gasteiger charge is -2.43. The summed E-state index contributed by atoms with van der Waals surface area (Å²) in [6.45, 7) is 5.23. The highest BCUT2D eigenvalue weighted by Gasteiger charge is 2.49. The van der Waals surface area contributed by atoms with Gasteiger partial charge in [-0.1, -0.05) is 13.8 Å². The van der Waals surface area contributed by atoms with Crippen molar-refractivity contribution in [2.45, 2.75) is 58.6 Å². The van der Waals surface area contributed by atoms with Crippen LogP contribution in [0.4, 0.5) is 0 Å². The van der Waals surface area contributed by atoms with E-state index < -0.39 is 17.5 Å². The van der Waals surface area contributed by atoms with E-state index in [1.165, 1.54) is 0 Å². The van der Waals surface area contributed by atoms with Crippen LogP contribution in [0.3, 0.4) is 0 Å². The molecule has 0 spiro atoms. The van der Waals surface area contributed by atoms with Crippen molar-refractivity contribution in [2.24, 2.45) is 11.3 Å².